The first-order valence-corrected chi connectivity index (χ1v) is 10.1. The lowest BCUT2D eigenvalue weighted by Crippen LogP contribution is -2.41. The average molecular weight is 398 g/mol. The monoisotopic (exact) mass is 398 g/mol. The number of nitrogens with one attached hydrogen (secondary N) is 3. The van der Waals surface area contributed by atoms with Crippen molar-refractivity contribution >= 4 is 24.3 Å². The smallest absolute Gasteiger partial charge is 0.324 e. The summed E-state index contributed by atoms with van der Waals surface area (Å²) in [7, 11) is -4.28. The molecule has 11 nitrogen and oxygen atoms in total. The highest BCUT2D eigenvalue weighted by Crippen LogP contribution is 2.48. The predicted molar refractivity (Wildman–Crippen MR) is 96.8 cm³/mol. The summed E-state index contributed by atoms with van der Waals surface area (Å²) in [6.45, 7) is 0.0430. The van der Waals surface area contributed by atoms with Crippen molar-refractivity contribution in [2.24, 2.45) is 0 Å². The summed E-state index contributed by atoms with van der Waals surface area (Å²) in [4.78, 5) is 57.5. The summed E-state index contributed by atoms with van der Waals surface area (Å²) in [6, 6.07) is 1.96. The van der Waals surface area contributed by atoms with Gasteiger partial charge in [-0.25, -0.2) is 0 Å². The third-order valence-corrected chi connectivity index (χ3v) is 6.31. The maximum Gasteiger partial charge on any atom is 0.330 e. The van der Waals surface area contributed by atoms with Crippen LogP contribution in [-0.2, 0) is 11.1 Å². The van der Waals surface area contributed by atoms with Gasteiger partial charge in [0.05, 0.1) is 21.6 Å². The van der Waals surface area contributed by atoms with Crippen LogP contribution in [0.2, 0.25) is 0 Å². The van der Waals surface area contributed by atoms with Crippen LogP contribution in [0.4, 0.5) is 5.69 Å². The fraction of sp³-hybridized carbons (Fsp3) is 0.467. The van der Waals surface area contributed by atoms with Gasteiger partial charge in [-0.3, -0.25) is 24.3 Å². The Kier molecular flexibility index (Phi) is 5.29. The zero-order valence-corrected chi connectivity index (χ0v) is 15.1. The van der Waals surface area contributed by atoms with Crippen molar-refractivity contribution in [1.29, 1.82) is 0 Å². The number of nitrogens with zero attached hydrogens (tertiary/aromatic N) is 1. The van der Waals surface area contributed by atoms with E-state index >= 15 is 0 Å². The highest BCUT2D eigenvalue weighted by molar-refractivity contribution is 7.52. The van der Waals surface area contributed by atoms with E-state index < -0.39 is 35.3 Å². The number of benzene rings is 1. The van der Waals surface area contributed by atoms with Crippen molar-refractivity contribution in [3.05, 3.63) is 48.5 Å². The van der Waals surface area contributed by atoms with Gasteiger partial charge in [0.15, 0.2) is 0 Å². The molecule has 2 unspecified atom stereocenters. The van der Waals surface area contributed by atoms with Crippen molar-refractivity contribution in [2.45, 2.75) is 43.9 Å². The summed E-state index contributed by atoms with van der Waals surface area (Å²) in [5, 5.41) is 14.2. The van der Waals surface area contributed by atoms with Gasteiger partial charge in [0, 0.05) is 24.7 Å². The molecule has 3 rings (SSSR count). The number of nitro groups is 1. The first-order valence-electron chi connectivity index (χ1n) is 8.39. The zero-order chi connectivity index (χ0) is 19.8. The molecule has 1 aliphatic rings. The number of fused-ring (bicyclic) bond motifs is 1. The predicted octanol–water partition coefficient (Wildman–Crippen LogP) is 0.703. The Bertz CT molecular complexity index is 1040. The number of H-pyrrole nitrogens is 2. The topological polar surface area (TPSA) is 178 Å². The second-order valence-corrected chi connectivity index (χ2v) is 8.46. The third kappa shape index (κ3) is 4.16. The highest BCUT2D eigenvalue weighted by atomic mass is 31.2. The summed E-state index contributed by atoms with van der Waals surface area (Å²) in [5.74, 6) is 0. The van der Waals surface area contributed by atoms with Gasteiger partial charge in [0.2, 0.25) is 0 Å². The molecule has 1 aromatic heterocycles. The van der Waals surface area contributed by atoms with E-state index in [9.17, 15) is 34.1 Å². The second kappa shape index (κ2) is 7.35. The molecular weight excluding hydrogens is 379 g/mol. The number of rotatable bonds is 5. The van der Waals surface area contributed by atoms with Crippen LogP contribution in [0.25, 0.3) is 11.0 Å². The van der Waals surface area contributed by atoms with E-state index in [1.54, 1.807) is 0 Å². The van der Waals surface area contributed by atoms with Gasteiger partial charge in [-0.15, -0.1) is 0 Å². The number of non-ortho nitro benzene ring substituents is 1. The maximum absolute atomic E-state index is 11.7. The Morgan fingerprint density at radius 3 is 2.52 bits per heavy atom. The van der Waals surface area contributed by atoms with Crippen molar-refractivity contribution in [2.75, 3.05) is 0 Å². The zero-order valence-electron chi connectivity index (χ0n) is 14.2. The minimum atomic E-state index is -4.28. The molecule has 0 amide bonds. The summed E-state index contributed by atoms with van der Waals surface area (Å²) in [6.07, 6.45) is 2.49. The van der Waals surface area contributed by atoms with Crippen molar-refractivity contribution in [1.82, 2.24) is 15.3 Å². The largest absolute Gasteiger partial charge is 0.330 e. The molecule has 12 heteroatoms. The van der Waals surface area contributed by atoms with E-state index in [2.05, 4.69) is 15.3 Å². The molecule has 1 heterocycles. The molecule has 0 saturated heterocycles. The highest BCUT2D eigenvalue weighted by Gasteiger charge is 2.37. The van der Waals surface area contributed by atoms with Crippen LogP contribution in [0, 0.1) is 10.1 Å². The standard InChI is InChI=1S/C15H19N4O7P/c20-14-15(21)18-13-8(5-9(19(22)23)6-11(13)17-14)7-16-10-3-1-2-4-12(10)27(24,25)26/h5-6,10,12,16H,1-4,7H2,(H,17,20)(H,18,21)(H2,24,25,26). The van der Waals surface area contributed by atoms with Gasteiger partial charge in [0.1, 0.15) is 0 Å². The van der Waals surface area contributed by atoms with E-state index in [0.717, 1.165) is 18.9 Å². The maximum atomic E-state index is 11.7. The molecule has 2 aromatic rings. The molecule has 5 N–H and O–H groups in total. The lowest BCUT2D eigenvalue weighted by atomic mass is 9.94. The Labute approximate surface area is 152 Å². The molecule has 146 valence electrons. The van der Waals surface area contributed by atoms with Gasteiger partial charge in [-0.05, 0) is 18.4 Å². The van der Waals surface area contributed by atoms with E-state index in [0.29, 0.717) is 18.4 Å². The molecular formula is C15H19N4O7P. The Morgan fingerprint density at radius 2 is 1.85 bits per heavy atom. The van der Waals surface area contributed by atoms with Crippen molar-refractivity contribution < 1.29 is 19.3 Å². The number of aromatic amines is 2. The van der Waals surface area contributed by atoms with Crippen LogP contribution in [0.3, 0.4) is 0 Å². The molecule has 1 fully saturated rings. The van der Waals surface area contributed by atoms with E-state index in [1.165, 1.54) is 6.07 Å². The molecule has 0 spiro atoms. The van der Waals surface area contributed by atoms with Crippen LogP contribution in [-0.4, -0.2) is 36.4 Å². The van der Waals surface area contributed by atoms with Crippen LogP contribution in [0.1, 0.15) is 31.2 Å². The molecule has 0 aliphatic heterocycles. The molecule has 0 radical (unpaired) electrons. The third-order valence-electron chi connectivity index (χ3n) is 4.82. The van der Waals surface area contributed by atoms with Crippen molar-refractivity contribution in [3.63, 3.8) is 0 Å². The second-order valence-electron chi connectivity index (χ2n) is 6.62. The van der Waals surface area contributed by atoms with Gasteiger partial charge in [-0.2, -0.15) is 0 Å². The van der Waals surface area contributed by atoms with E-state index in [1.807, 2.05) is 0 Å². The number of hydrogen-bond acceptors (Lipinski definition) is 6. The number of aromatic nitrogens is 2. The quantitative estimate of drug-likeness (QED) is 0.211. The van der Waals surface area contributed by atoms with Crippen LogP contribution in [0.5, 0.6) is 0 Å². The minimum Gasteiger partial charge on any atom is -0.324 e. The average Bonchev–Trinajstić information content (AvgIpc) is 2.60. The Morgan fingerprint density at radius 1 is 1.19 bits per heavy atom. The molecule has 27 heavy (non-hydrogen) atoms. The molecule has 0 bridgehead atoms. The molecule has 1 aromatic carbocycles. The molecule has 1 saturated carbocycles. The lowest BCUT2D eigenvalue weighted by molar-refractivity contribution is -0.384. The first kappa shape index (κ1) is 19.4. The van der Waals surface area contributed by atoms with Crippen molar-refractivity contribution in [3.8, 4) is 0 Å². The van der Waals surface area contributed by atoms with Gasteiger partial charge >= 0.3 is 18.7 Å². The Hall–Kier alpha value is -2.33. The van der Waals surface area contributed by atoms with Gasteiger partial charge < -0.3 is 25.1 Å². The van der Waals surface area contributed by atoms with Crippen LogP contribution < -0.4 is 16.4 Å². The normalized spacial score (nSPS) is 20.7. The van der Waals surface area contributed by atoms with Gasteiger partial charge in [-0.1, -0.05) is 12.8 Å². The number of nitro benzene ring substituents is 1. The van der Waals surface area contributed by atoms with E-state index in [4.69, 9.17) is 0 Å². The van der Waals surface area contributed by atoms with Crippen LogP contribution >= 0.6 is 7.60 Å². The summed E-state index contributed by atoms with van der Waals surface area (Å²) >= 11 is 0. The Balaban J connectivity index is 1.97. The summed E-state index contributed by atoms with van der Waals surface area (Å²) < 4.78 is 11.7. The number of hydrogen-bond donors (Lipinski definition) is 5. The first-order chi connectivity index (χ1) is 12.7. The summed E-state index contributed by atoms with van der Waals surface area (Å²) in [5.41, 5.74) is -2.20. The fourth-order valence-electron chi connectivity index (χ4n) is 3.52. The van der Waals surface area contributed by atoms with Crippen LogP contribution in [0.15, 0.2) is 21.7 Å². The van der Waals surface area contributed by atoms with E-state index in [-0.39, 0.29) is 23.3 Å². The fourth-order valence-corrected chi connectivity index (χ4v) is 4.76. The lowest BCUT2D eigenvalue weighted by Gasteiger charge is -2.32. The molecule has 2 atom stereocenters. The SMILES string of the molecule is O=c1[nH]c2cc([N+](=O)[O-])cc(CNC3CCCCC3P(=O)(O)O)c2[nH]c1=O. The molecule has 1 aliphatic carbocycles. The van der Waals surface area contributed by atoms with Gasteiger partial charge in [0.25, 0.3) is 5.69 Å². The minimum absolute atomic E-state index is 0.0430.